The summed E-state index contributed by atoms with van der Waals surface area (Å²) in [6.07, 6.45) is 30.5. The zero-order valence-corrected chi connectivity index (χ0v) is 64.1. The largest absolute Gasteiger partial charge is 0.481 e. The number of aliphatic hydroxyl groups excluding tert-OH is 2. The smallest absolute Gasteiger partial charge is 0.306 e. The molecular formula is C81H139N3O15. The molecule has 8 rings (SSSR count). The van der Waals surface area contributed by atoms with Gasteiger partial charge in [-0.05, 0) is 196 Å². The van der Waals surface area contributed by atoms with E-state index in [4.69, 9.17) is 29.7 Å². The third kappa shape index (κ3) is 24.1. The Kier molecular flexibility index (Phi) is 33.4. The monoisotopic (exact) mass is 1400 g/mol. The summed E-state index contributed by atoms with van der Waals surface area (Å²) in [6.45, 7) is 27.9. The summed E-state index contributed by atoms with van der Waals surface area (Å²) in [5, 5.41) is 23.4. The minimum Gasteiger partial charge on any atom is -0.481 e. The van der Waals surface area contributed by atoms with Crippen LogP contribution in [-0.2, 0) is 57.3 Å². The van der Waals surface area contributed by atoms with E-state index in [2.05, 4.69) is 108 Å². The summed E-state index contributed by atoms with van der Waals surface area (Å²) in [7, 11) is 4.08. The van der Waals surface area contributed by atoms with E-state index in [0.29, 0.717) is 22.7 Å². The molecule has 0 spiro atoms. The van der Waals surface area contributed by atoms with Crippen LogP contribution in [0.3, 0.4) is 0 Å². The van der Waals surface area contributed by atoms with Crippen molar-refractivity contribution in [2.45, 2.75) is 314 Å². The number of nitrogens with one attached hydrogen (secondary N) is 3. The number of hydrogen-bond donors (Lipinski definition) is 6. The standard InChI is InChI=1S/C39H64N2O6.C38H61NO7.C2H6.2CH4O/c1-25(2)9-8-10-26(3)31-13-14-32-30-12-11-28-23-29(19-21-38(28,5)33(30)20-22-39(31,32)6)47-37(45)18-16-35(43)41-27(4)24-46-36(44)17-15-34(42)40-7;1-24(2)8-7-9-25(3)30-12-13-31-29-11-10-27-22-28(18-20-37(27,5)32(29)19-21-38(30,31)6)46-36(44)16-14-33(40)39-26(4)23-45-35(43)17-15-34(41)42;3*1-2/h11,25-27,29-33H,8-10,12-24H2,1-7H3,(H,40,42)(H,41,43);10,24-26,28-32H,7-9,11-23H2,1-6H3,(H,39,40)(H,41,42);1-2H3;2*2H,1H3/t26-,27?,29+,30?,31-,32?,33?,38+,39-;25-,26?,28+,29?,30-,31?,32?,37+,38-;;;/m11.../s1/i2*4D;;2*2T. The Bertz CT molecular complexity index is 2730. The number of amides is 3. The first-order valence-electron chi connectivity index (χ1n) is 40.8. The predicted molar refractivity (Wildman–Crippen MR) is 389 cm³/mol. The highest BCUT2D eigenvalue weighted by Gasteiger charge is 2.61. The third-order valence-electron chi connectivity index (χ3n) is 25.2. The lowest BCUT2D eigenvalue weighted by Crippen LogP contribution is -2.51. The van der Waals surface area contributed by atoms with Gasteiger partial charge >= 0.3 is 29.8 Å². The van der Waals surface area contributed by atoms with Gasteiger partial charge in [0.1, 0.15) is 25.4 Å². The summed E-state index contributed by atoms with van der Waals surface area (Å²) in [6, 6.07) is -1.40. The lowest BCUT2D eigenvalue weighted by Gasteiger charge is -2.58. The summed E-state index contributed by atoms with van der Waals surface area (Å²) in [5.74, 6) is 5.31. The number of ether oxygens (including phenoxy) is 4. The lowest BCUT2D eigenvalue weighted by molar-refractivity contribution is -0.153. The molecule has 6 fully saturated rings. The van der Waals surface area contributed by atoms with Gasteiger partial charge in [0.25, 0.3) is 0 Å². The predicted octanol–water partition coefficient (Wildman–Crippen LogP) is 15.2. The van der Waals surface area contributed by atoms with E-state index in [1.165, 1.54) is 122 Å². The molecule has 0 saturated heterocycles. The topological polar surface area (TPSA) is 270 Å². The Morgan fingerprint density at radius 3 is 1.26 bits per heavy atom. The molecule has 0 radical (unpaired) electrons. The van der Waals surface area contributed by atoms with Crippen molar-refractivity contribution in [3.63, 3.8) is 0 Å². The number of esters is 4. The maximum Gasteiger partial charge on any atom is 0.306 e. The van der Waals surface area contributed by atoms with E-state index in [1.54, 1.807) is 0 Å². The molecule has 0 aromatic carbocycles. The highest BCUT2D eigenvalue weighted by Crippen LogP contribution is 2.69. The van der Waals surface area contributed by atoms with E-state index in [0.717, 1.165) is 111 Å². The number of carboxylic acids is 1. The second kappa shape index (κ2) is 41.5. The van der Waals surface area contributed by atoms with Crippen LogP contribution in [-0.4, -0.2) is 125 Å². The van der Waals surface area contributed by atoms with E-state index < -0.39 is 41.9 Å². The van der Waals surface area contributed by atoms with E-state index in [1.807, 2.05) is 13.8 Å². The van der Waals surface area contributed by atoms with Gasteiger partial charge in [0.15, 0.2) is 0 Å². The second-order valence-electron chi connectivity index (χ2n) is 32.3. The zero-order chi connectivity index (χ0) is 76.8. The summed E-state index contributed by atoms with van der Waals surface area (Å²) in [4.78, 5) is 95.8. The van der Waals surface area contributed by atoms with Crippen molar-refractivity contribution in [2.75, 3.05) is 34.5 Å². The minimum absolute atomic E-state index is 0.0204. The molecule has 99 heavy (non-hydrogen) atoms. The first-order chi connectivity index (χ1) is 48.9. The summed E-state index contributed by atoms with van der Waals surface area (Å²) >= 11 is 0. The van der Waals surface area contributed by atoms with E-state index in [9.17, 15) is 38.4 Å². The van der Waals surface area contributed by atoms with Crippen LogP contribution >= 0.6 is 0 Å². The first-order valence-corrected chi connectivity index (χ1v) is 38.6. The summed E-state index contributed by atoms with van der Waals surface area (Å²) < 4.78 is 48.6. The molecule has 8 aliphatic carbocycles. The average molecular weight is 1400 g/mol. The van der Waals surface area contributed by atoms with Gasteiger partial charge in [-0.1, -0.05) is 145 Å². The molecule has 0 aliphatic heterocycles. The molecule has 18 atom stereocenters. The maximum atomic E-state index is 12.8. The van der Waals surface area contributed by atoms with Crippen molar-refractivity contribution in [3.8, 4) is 0 Å². The average Bonchev–Trinajstić information content (AvgIpc) is 1.69. The fourth-order valence-corrected chi connectivity index (χ4v) is 20.2. The number of carbonyl (C=O) groups excluding carboxylic acids is 7. The van der Waals surface area contributed by atoms with Crippen LogP contribution in [0.2, 0.25) is 0 Å². The van der Waals surface area contributed by atoms with Gasteiger partial charge in [0, 0.05) is 56.1 Å². The van der Waals surface area contributed by atoms with Crippen LogP contribution in [0.25, 0.3) is 0 Å². The highest BCUT2D eigenvalue weighted by atomic mass is 16.6. The highest BCUT2D eigenvalue weighted by molar-refractivity contribution is 5.83. The van der Waals surface area contributed by atoms with Gasteiger partial charge in [-0.3, -0.25) is 38.4 Å². The fourth-order valence-electron chi connectivity index (χ4n) is 20.2. The molecule has 18 heteroatoms. The molecule has 18 nitrogen and oxygen atoms in total. The van der Waals surface area contributed by atoms with Crippen LogP contribution in [0, 0.1) is 92.7 Å². The normalized spacial score (nSPS) is 31.6. The summed E-state index contributed by atoms with van der Waals surface area (Å²) in [5.41, 5.74) is 4.25. The number of hydrogen-bond acceptors (Lipinski definition) is 14. The number of aliphatic carboxylic acids is 1. The third-order valence-corrected chi connectivity index (χ3v) is 25.2. The van der Waals surface area contributed by atoms with Crippen LogP contribution in [0.5, 0.6) is 0 Å². The Morgan fingerprint density at radius 1 is 0.525 bits per heavy atom. The molecule has 0 aromatic heterocycles. The fraction of sp³-hybridized carbons (Fsp3) is 0.852. The van der Waals surface area contributed by atoms with Gasteiger partial charge in [-0.15, -0.1) is 0 Å². The Morgan fingerprint density at radius 2 is 0.899 bits per heavy atom. The van der Waals surface area contributed by atoms with Gasteiger partial charge in [0.2, 0.25) is 20.6 Å². The first kappa shape index (κ1) is 79.9. The maximum absolute atomic E-state index is 12.8. The molecule has 8 aliphatic rings. The van der Waals surface area contributed by atoms with Crippen LogP contribution in [0.15, 0.2) is 23.3 Å². The molecule has 6 N–H and O–H groups in total. The molecule has 0 heterocycles. The van der Waals surface area contributed by atoms with Gasteiger partial charge in [-0.2, -0.15) is 0 Å². The van der Waals surface area contributed by atoms with Crippen LogP contribution in [0.4, 0.5) is 0 Å². The zero-order valence-electron chi connectivity index (χ0n) is 68.1. The van der Waals surface area contributed by atoms with Gasteiger partial charge in [0.05, 0.1) is 44.2 Å². The van der Waals surface area contributed by atoms with Crippen LogP contribution in [0.1, 0.15) is 292 Å². The molecular weight excluding hydrogens is 1250 g/mol. The number of carboxylic acid groups (broad SMARTS) is 1. The number of fused-ring (bicyclic) bond motifs is 10. The number of aliphatic hydroxyl groups is 2. The molecule has 0 bridgehead atoms. The van der Waals surface area contributed by atoms with Crippen molar-refractivity contribution < 1.29 is 75.4 Å². The van der Waals surface area contributed by atoms with Crippen LogP contribution < -0.4 is 16.0 Å². The molecule has 568 valence electrons. The van der Waals surface area contributed by atoms with Crippen molar-refractivity contribution >= 4 is 47.6 Å². The van der Waals surface area contributed by atoms with Crippen molar-refractivity contribution in [2.24, 2.45) is 92.7 Å². The Balaban J connectivity index is 0.000000396. The van der Waals surface area contributed by atoms with Gasteiger partial charge in [-0.25, -0.2) is 0 Å². The second-order valence-corrected chi connectivity index (χ2v) is 32.3. The minimum atomic E-state index is -1.10. The van der Waals surface area contributed by atoms with Crippen molar-refractivity contribution in [3.05, 3.63) is 23.3 Å². The molecule has 6 saturated carbocycles. The van der Waals surface area contributed by atoms with E-state index in [-0.39, 0.29) is 119 Å². The molecule has 8 unspecified atom stereocenters. The number of allylic oxidation sites excluding steroid dienone is 2. The Hall–Kier alpha value is -4.84. The van der Waals surface area contributed by atoms with E-state index >= 15 is 0 Å². The molecule has 0 aromatic rings. The quantitative estimate of drug-likeness (QED) is 0.0222. The molecule has 3 amide bonds. The Labute approximate surface area is 603 Å². The lowest BCUT2D eigenvalue weighted by atomic mass is 9.47. The van der Waals surface area contributed by atoms with Gasteiger partial charge < -0.3 is 50.2 Å². The number of carbonyl (C=O) groups is 8. The van der Waals surface area contributed by atoms with Crippen molar-refractivity contribution in [1.29, 1.82) is 2.86 Å². The number of rotatable bonds is 30. The SMILES string of the molecule is CC.[2H]CC(COC(=O)CCC(=O)NC)NC(=O)CCC(=O)O[C@H]1CC[C@@]2(C)C(=CCC3C2CC[C@@]2(C)C3CC[C@@H]2[C@H](C)CCCC(C)C)C1.[2H]CC(COC(=O)CCC(=O)O)NC(=O)CCC(=O)O[C@H]1CC[C@@]2(C)C(=CCC3C2CC[C@@]2(C)C3CC[C@@H]2[C@H](C)CCCC(C)C)C1.[3H]OC.[3H]OC. The van der Waals surface area contributed by atoms with Crippen molar-refractivity contribution in [1.82, 2.24) is 16.0 Å².